The average molecular weight is 471 g/mol. The number of carbonyl (C=O) groups excluding carboxylic acids is 1. The highest BCUT2D eigenvalue weighted by atomic mass is 16.5. The lowest BCUT2D eigenvalue weighted by molar-refractivity contribution is -0.121. The van der Waals surface area contributed by atoms with Crippen molar-refractivity contribution in [3.05, 3.63) is 95.7 Å². The van der Waals surface area contributed by atoms with Crippen LogP contribution in [0.1, 0.15) is 42.4 Å². The van der Waals surface area contributed by atoms with Gasteiger partial charge in [0.05, 0.1) is 14.2 Å². The van der Waals surface area contributed by atoms with Crippen LogP contribution in [0.25, 0.3) is 10.9 Å². The zero-order valence-corrected chi connectivity index (χ0v) is 21.0. The van der Waals surface area contributed by atoms with Gasteiger partial charge in [-0.2, -0.15) is 0 Å². The Morgan fingerprint density at radius 2 is 1.66 bits per heavy atom. The number of ether oxygens (including phenoxy) is 2. The molecule has 4 rings (SSSR count). The molecule has 1 heterocycles. The van der Waals surface area contributed by atoms with Crippen molar-refractivity contribution in [3.63, 3.8) is 0 Å². The summed E-state index contributed by atoms with van der Waals surface area (Å²) in [5.41, 5.74) is 4.57. The minimum atomic E-state index is -0.123. The Morgan fingerprint density at radius 1 is 0.943 bits per heavy atom. The van der Waals surface area contributed by atoms with Gasteiger partial charge >= 0.3 is 0 Å². The molecule has 0 saturated carbocycles. The first kappa shape index (κ1) is 24.4. The lowest BCUT2D eigenvalue weighted by Gasteiger charge is -2.21. The molecular weight excluding hydrogens is 436 g/mol. The molecule has 0 aliphatic carbocycles. The van der Waals surface area contributed by atoms with E-state index in [0.29, 0.717) is 17.9 Å². The normalized spacial score (nSPS) is 12.8. The molecule has 2 atom stereocenters. The zero-order chi connectivity index (χ0) is 24.8. The molecule has 0 unspecified atom stereocenters. The maximum Gasteiger partial charge on any atom is 0.221 e. The number of fused-ring (bicyclic) bond motifs is 1. The fraction of sp³-hybridized carbons (Fsp3) is 0.300. The van der Waals surface area contributed by atoms with Crippen LogP contribution < -0.4 is 14.8 Å². The number of nitrogens with one attached hydrogen (secondary N) is 1. The number of para-hydroxylation sites is 1. The van der Waals surface area contributed by atoms with E-state index >= 15 is 0 Å². The summed E-state index contributed by atoms with van der Waals surface area (Å²) in [7, 11) is 5.31. The van der Waals surface area contributed by atoms with Crippen LogP contribution in [0.15, 0.2) is 79.0 Å². The van der Waals surface area contributed by atoms with E-state index in [1.165, 1.54) is 5.56 Å². The van der Waals surface area contributed by atoms with Gasteiger partial charge in [0.1, 0.15) is 0 Å². The van der Waals surface area contributed by atoms with E-state index in [9.17, 15) is 4.79 Å². The summed E-state index contributed by atoms with van der Waals surface area (Å²) in [5, 5.41) is 4.38. The fourth-order valence-corrected chi connectivity index (χ4v) is 4.75. The van der Waals surface area contributed by atoms with E-state index in [1.54, 1.807) is 14.2 Å². The Balaban J connectivity index is 1.59. The number of hydrogen-bond donors (Lipinski definition) is 1. The molecule has 1 aromatic heterocycles. The Labute approximate surface area is 207 Å². The van der Waals surface area contributed by atoms with E-state index in [0.717, 1.165) is 34.9 Å². The summed E-state index contributed by atoms with van der Waals surface area (Å²) in [6, 6.07) is 24.7. The van der Waals surface area contributed by atoms with Gasteiger partial charge < -0.3 is 19.4 Å². The summed E-state index contributed by atoms with van der Waals surface area (Å²) in [6.45, 7) is 2.07. The number of methoxy groups -OCH3 is 2. The van der Waals surface area contributed by atoms with Gasteiger partial charge in [-0.15, -0.1) is 0 Å². The fourth-order valence-electron chi connectivity index (χ4n) is 4.75. The van der Waals surface area contributed by atoms with Crippen molar-refractivity contribution in [3.8, 4) is 11.5 Å². The molecule has 35 heavy (non-hydrogen) atoms. The van der Waals surface area contributed by atoms with Crippen LogP contribution >= 0.6 is 0 Å². The van der Waals surface area contributed by atoms with Crippen LogP contribution in [0.4, 0.5) is 0 Å². The Hall–Kier alpha value is -3.73. The molecule has 5 heteroatoms. The van der Waals surface area contributed by atoms with Crippen molar-refractivity contribution < 1.29 is 14.3 Å². The van der Waals surface area contributed by atoms with Gasteiger partial charge in [-0.05, 0) is 54.7 Å². The molecule has 1 N–H and O–H groups in total. The third-order valence-electron chi connectivity index (χ3n) is 6.62. The number of nitrogens with zero attached hydrogens (tertiary/aromatic N) is 1. The smallest absolute Gasteiger partial charge is 0.221 e. The van der Waals surface area contributed by atoms with Gasteiger partial charge in [0.25, 0.3) is 0 Å². The second kappa shape index (κ2) is 11.1. The van der Waals surface area contributed by atoms with Crippen molar-refractivity contribution in [1.82, 2.24) is 9.88 Å². The highest BCUT2D eigenvalue weighted by molar-refractivity contribution is 5.86. The predicted octanol–water partition coefficient (Wildman–Crippen LogP) is 5.86. The average Bonchev–Trinajstić information content (AvgIpc) is 3.22. The van der Waals surface area contributed by atoms with Crippen molar-refractivity contribution in [2.45, 2.75) is 38.1 Å². The van der Waals surface area contributed by atoms with Gasteiger partial charge in [-0.25, -0.2) is 0 Å². The summed E-state index contributed by atoms with van der Waals surface area (Å²) < 4.78 is 13.1. The third-order valence-corrected chi connectivity index (χ3v) is 6.62. The maximum atomic E-state index is 13.3. The molecule has 4 aromatic rings. The molecule has 182 valence electrons. The van der Waals surface area contributed by atoms with Crippen LogP contribution in [0.2, 0.25) is 0 Å². The first-order valence-electron chi connectivity index (χ1n) is 12.1. The first-order chi connectivity index (χ1) is 17.0. The van der Waals surface area contributed by atoms with Crippen molar-refractivity contribution >= 4 is 16.8 Å². The lowest BCUT2D eigenvalue weighted by atomic mass is 9.87. The molecule has 5 nitrogen and oxygen atoms in total. The van der Waals surface area contributed by atoms with E-state index in [4.69, 9.17) is 9.47 Å². The van der Waals surface area contributed by atoms with Crippen LogP contribution in [0, 0.1) is 0 Å². The number of amides is 1. The first-order valence-corrected chi connectivity index (χ1v) is 12.1. The van der Waals surface area contributed by atoms with E-state index in [1.807, 2.05) is 43.4 Å². The maximum absolute atomic E-state index is 13.3. The number of rotatable bonds is 10. The Bertz CT molecular complexity index is 1280. The van der Waals surface area contributed by atoms with Gasteiger partial charge in [-0.1, -0.05) is 54.6 Å². The van der Waals surface area contributed by atoms with Crippen LogP contribution in [-0.2, 0) is 18.3 Å². The Morgan fingerprint density at radius 3 is 2.40 bits per heavy atom. The molecule has 0 bridgehead atoms. The number of hydrogen-bond acceptors (Lipinski definition) is 3. The molecule has 0 spiro atoms. The molecule has 0 aliphatic heterocycles. The lowest BCUT2D eigenvalue weighted by Crippen LogP contribution is -2.33. The summed E-state index contributed by atoms with van der Waals surface area (Å²) >= 11 is 0. The summed E-state index contributed by atoms with van der Waals surface area (Å²) in [4.78, 5) is 13.3. The number of aryl methyl sites for hydroxylation is 2. The highest BCUT2D eigenvalue weighted by Gasteiger charge is 2.24. The van der Waals surface area contributed by atoms with Crippen molar-refractivity contribution in [2.24, 2.45) is 7.05 Å². The molecule has 0 saturated heterocycles. The number of carbonyl (C=O) groups is 1. The quantitative estimate of drug-likeness (QED) is 0.316. The second-order valence-electron chi connectivity index (χ2n) is 9.08. The SMILES string of the molecule is COc1ccc([C@@H](CC(=O)N[C@H](C)CCc2ccccc2)c2cn(C)c3ccccc23)cc1OC. The van der Waals surface area contributed by atoms with E-state index in [2.05, 4.69) is 59.4 Å². The van der Waals surface area contributed by atoms with Crippen molar-refractivity contribution in [2.75, 3.05) is 14.2 Å². The topological polar surface area (TPSA) is 52.5 Å². The van der Waals surface area contributed by atoms with E-state index in [-0.39, 0.29) is 17.9 Å². The number of benzene rings is 3. The molecular formula is C30H34N2O3. The largest absolute Gasteiger partial charge is 0.493 e. The second-order valence-corrected chi connectivity index (χ2v) is 9.08. The molecule has 3 aromatic carbocycles. The molecule has 0 aliphatic rings. The minimum Gasteiger partial charge on any atom is -0.493 e. The van der Waals surface area contributed by atoms with E-state index < -0.39 is 0 Å². The Kier molecular flexibility index (Phi) is 7.76. The number of aromatic nitrogens is 1. The van der Waals surface area contributed by atoms with Gasteiger partial charge in [-0.3, -0.25) is 4.79 Å². The highest BCUT2D eigenvalue weighted by Crippen LogP contribution is 2.38. The van der Waals surface area contributed by atoms with Crippen LogP contribution in [-0.4, -0.2) is 30.7 Å². The monoisotopic (exact) mass is 470 g/mol. The van der Waals surface area contributed by atoms with Crippen LogP contribution in [0.5, 0.6) is 11.5 Å². The summed E-state index contributed by atoms with van der Waals surface area (Å²) in [5.74, 6) is 1.25. The third kappa shape index (κ3) is 5.68. The van der Waals surface area contributed by atoms with Crippen molar-refractivity contribution in [1.29, 1.82) is 0 Å². The molecule has 0 radical (unpaired) electrons. The molecule has 1 amide bonds. The predicted molar refractivity (Wildman–Crippen MR) is 141 cm³/mol. The zero-order valence-electron chi connectivity index (χ0n) is 21.0. The van der Waals surface area contributed by atoms with Gasteiger partial charge in [0, 0.05) is 42.5 Å². The van der Waals surface area contributed by atoms with Gasteiger partial charge in [0.2, 0.25) is 5.91 Å². The van der Waals surface area contributed by atoms with Crippen LogP contribution in [0.3, 0.4) is 0 Å². The minimum absolute atomic E-state index is 0.0401. The molecule has 0 fully saturated rings. The summed E-state index contributed by atoms with van der Waals surface area (Å²) in [6.07, 6.45) is 4.31. The van der Waals surface area contributed by atoms with Gasteiger partial charge in [0.15, 0.2) is 11.5 Å². The standard InChI is InChI=1S/C30H34N2O3/c1-21(14-15-22-10-6-5-7-11-22)31-30(33)19-25(23-16-17-28(34-3)29(18-23)35-4)26-20-32(2)27-13-9-8-12-24(26)27/h5-13,16-18,20-21,25H,14-15,19H2,1-4H3,(H,31,33)/t21-,25-/m1/s1.